The van der Waals surface area contributed by atoms with Crippen molar-refractivity contribution in [1.29, 1.82) is 0 Å². The number of amidine groups is 1. The van der Waals surface area contributed by atoms with E-state index in [9.17, 15) is 14.7 Å². The molecule has 1 aliphatic rings. The van der Waals surface area contributed by atoms with E-state index in [1.54, 1.807) is 4.90 Å². The van der Waals surface area contributed by atoms with Crippen molar-refractivity contribution in [3.05, 3.63) is 71.8 Å². The van der Waals surface area contributed by atoms with E-state index in [0.29, 0.717) is 5.84 Å². The Morgan fingerprint density at radius 3 is 2.24 bits per heavy atom. The normalized spacial score (nSPS) is 19.4. The van der Waals surface area contributed by atoms with Crippen molar-refractivity contribution in [2.24, 2.45) is 4.99 Å². The predicted octanol–water partition coefficient (Wildman–Crippen LogP) is 2.12. The Morgan fingerprint density at radius 2 is 1.68 bits per heavy atom. The summed E-state index contributed by atoms with van der Waals surface area (Å²) < 4.78 is 4.79. The average molecular weight is 338 g/mol. The quantitative estimate of drug-likeness (QED) is 0.845. The molecule has 0 bridgehead atoms. The molecule has 1 N–H and O–H groups in total. The SMILES string of the molecule is COC(=O)CN1C(c2ccccc2)=N[C@H](C(=O)O)[C@@H]1c1ccccc1. The van der Waals surface area contributed by atoms with Gasteiger partial charge in [-0.05, 0) is 5.56 Å². The zero-order chi connectivity index (χ0) is 17.8. The van der Waals surface area contributed by atoms with Crippen LogP contribution in [0.4, 0.5) is 0 Å². The van der Waals surface area contributed by atoms with Gasteiger partial charge in [0.2, 0.25) is 0 Å². The van der Waals surface area contributed by atoms with Crippen LogP contribution in [0.5, 0.6) is 0 Å². The highest BCUT2D eigenvalue weighted by atomic mass is 16.5. The number of aliphatic imine (C=N–C) groups is 1. The van der Waals surface area contributed by atoms with Crippen LogP contribution in [0.2, 0.25) is 0 Å². The number of nitrogens with zero attached hydrogens (tertiary/aromatic N) is 2. The van der Waals surface area contributed by atoms with Crippen molar-refractivity contribution in [2.45, 2.75) is 12.1 Å². The van der Waals surface area contributed by atoms with Gasteiger partial charge < -0.3 is 14.7 Å². The largest absolute Gasteiger partial charge is 0.480 e. The lowest BCUT2D eigenvalue weighted by molar-refractivity contribution is -0.143. The molecule has 0 saturated carbocycles. The Labute approximate surface area is 145 Å². The fourth-order valence-corrected chi connectivity index (χ4v) is 2.99. The second kappa shape index (κ2) is 7.17. The van der Waals surface area contributed by atoms with Crippen molar-refractivity contribution in [3.8, 4) is 0 Å². The highest BCUT2D eigenvalue weighted by Gasteiger charge is 2.42. The second-order valence-electron chi connectivity index (χ2n) is 5.66. The number of methoxy groups -OCH3 is 1. The first kappa shape index (κ1) is 16.7. The van der Waals surface area contributed by atoms with Gasteiger partial charge in [-0.15, -0.1) is 0 Å². The van der Waals surface area contributed by atoms with Gasteiger partial charge in [-0.1, -0.05) is 60.7 Å². The number of esters is 1. The lowest BCUT2D eigenvalue weighted by Gasteiger charge is -2.29. The van der Waals surface area contributed by atoms with Gasteiger partial charge in [-0.25, -0.2) is 4.79 Å². The van der Waals surface area contributed by atoms with Gasteiger partial charge in [0.25, 0.3) is 0 Å². The van der Waals surface area contributed by atoms with Crippen LogP contribution in [-0.2, 0) is 14.3 Å². The molecule has 0 aromatic heterocycles. The smallest absolute Gasteiger partial charge is 0.331 e. The number of rotatable bonds is 5. The van der Waals surface area contributed by atoms with Gasteiger partial charge in [0, 0.05) is 5.56 Å². The molecule has 25 heavy (non-hydrogen) atoms. The number of carboxylic acids is 1. The van der Waals surface area contributed by atoms with Crippen molar-refractivity contribution in [2.75, 3.05) is 13.7 Å². The summed E-state index contributed by atoms with van der Waals surface area (Å²) in [5.41, 5.74) is 1.55. The summed E-state index contributed by atoms with van der Waals surface area (Å²) >= 11 is 0. The third-order valence-electron chi connectivity index (χ3n) is 4.12. The van der Waals surface area contributed by atoms with Crippen molar-refractivity contribution in [1.82, 2.24) is 4.90 Å². The molecule has 3 rings (SSSR count). The van der Waals surface area contributed by atoms with E-state index >= 15 is 0 Å². The molecule has 1 aliphatic heterocycles. The third kappa shape index (κ3) is 3.38. The van der Waals surface area contributed by atoms with Crippen molar-refractivity contribution < 1.29 is 19.4 Å². The minimum Gasteiger partial charge on any atom is -0.480 e. The Hall–Kier alpha value is -3.15. The molecule has 0 radical (unpaired) electrons. The van der Waals surface area contributed by atoms with E-state index in [4.69, 9.17) is 4.74 Å². The monoisotopic (exact) mass is 338 g/mol. The number of hydrogen-bond acceptors (Lipinski definition) is 5. The Balaban J connectivity index is 2.08. The van der Waals surface area contributed by atoms with E-state index in [1.807, 2.05) is 60.7 Å². The molecule has 0 amide bonds. The van der Waals surface area contributed by atoms with Gasteiger partial charge in [0.05, 0.1) is 13.2 Å². The molecular formula is C19H18N2O4. The molecule has 128 valence electrons. The first-order chi connectivity index (χ1) is 12.1. The number of benzene rings is 2. The standard InChI is InChI=1S/C19H18N2O4/c1-25-15(22)12-21-17(13-8-4-2-5-9-13)16(19(23)24)20-18(21)14-10-6-3-7-11-14/h2-11,16-17H,12H2,1H3,(H,23,24)/t16-,17-/m0/s1. The summed E-state index contributed by atoms with van der Waals surface area (Å²) in [6, 6.07) is 16.9. The van der Waals surface area contributed by atoms with Crippen LogP contribution >= 0.6 is 0 Å². The molecule has 0 saturated heterocycles. The minimum atomic E-state index is -1.03. The number of aliphatic carboxylic acids is 1. The maximum Gasteiger partial charge on any atom is 0.331 e. The zero-order valence-electron chi connectivity index (χ0n) is 13.7. The molecule has 2 aromatic rings. The summed E-state index contributed by atoms with van der Waals surface area (Å²) in [5, 5.41) is 9.67. The van der Waals surface area contributed by atoms with Gasteiger partial charge in [-0.3, -0.25) is 9.79 Å². The Bertz CT molecular complexity index is 790. The number of carbonyl (C=O) groups is 2. The first-order valence-electron chi connectivity index (χ1n) is 7.86. The van der Waals surface area contributed by atoms with E-state index in [2.05, 4.69) is 4.99 Å². The summed E-state index contributed by atoms with van der Waals surface area (Å²) in [5.74, 6) is -1.00. The number of hydrogen-bond donors (Lipinski definition) is 1. The molecule has 0 unspecified atom stereocenters. The van der Waals surface area contributed by atoms with Gasteiger partial charge >= 0.3 is 11.9 Å². The van der Waals surface area contributed by atoms with Crippen LogP contribution < -0.4 is 0 Å². The first-order valence-corrected chi connectivity index (χ1v) is 7.86. The van der Waals surface area contributed by atoms with Crippen LogP contribution in [0.25, 0.3) is 0 Å². The minimum absolute atomic E-state index is 0.0758. The third-order valence-corrected chi connectivity index (χ3v) is 4.12. The zero-order valence-corrected chi connectivity index (χ0v) is 13.7. The predicted molar refractivity (Wildman–Crippen MR) is 92.3 cm³/mol. The Morgan fingerprint density at radius 1 is 1.08 bits per heavy atom. The molecule has 0 fully saturated rings. The fourth-order valence-electron chi connectivity index (χ4n) is 2.99. The maximum absolute atomic E-state index is 11.9. The molecular weight excluding hydrogens is 320 g/mol. The summed E-state index contributed by atoms with van der Waals surface area (Å²) in [4.78, 5) is 29.9. The summed E-state index contributed by atoms with van der Waals surface area (Å²) in [6.07, 6.45) is 0. The van der Waals surface area contributed by atoms with Crippen LogP contribution in [0.1, 0.15) is 17.2 Å². The van der Waals surface area contributed by atoms with Crippen LogP contribution in [0.3, 0.4) is 0 Å². The maximum atomic E-state index is 11.9. The van der Waals surface area contributed by atoms with Crippen LogP contribution in [-0.4, -0.2) is 47.5 Å². The number of ether oxygens (including phenoxy) is 1. The average Bonchev–Trinajstić information content (AvgIpc) is 3.02. The van der Waals surface area contributed by atoms with E-state index in [1.165, 1.54) is 7.11 Å². The lowest BCUT2D eigenvalue weighted by atomic mass is 9.99. The van der Waals surface area contributed by atoms with E-state index in [0.717, 1.165) is 11.1 Å². The molecule has 1 heterocycles. The van der Waals surface area contributed by atoms with Gasteiger partial charge in [0.1, 0.15) is 12.4 Å². The number of carboxylic acid groups (broad SMARTS) is 1. The highest BCUT2D eigenvalue weighted by molar-refractivity contribution is 6.03. The van der Waals surface area contributed by atoms with Crippen LogP contribution in [0.15, 0.2) is 65.7 Å². The van der Waals surface area contributed by atoms with E-state index in [-0.39, 0.29) is 6.54 Å². The van der Waals surface area contributed by atoms with Crippen LogP contribution in [0, 0.1) is 0 Å². The van der Waals surface area contributed by atoms with E-state index < -0.39 is 24.0 Å². The molecule has 0 aliphatic carbocycles. The molecule has 6 nitrogen and oxygen atoms in total. The Kier molecular flexibility index (Phi) is 4.79. The number of carbonyl (C=O) groups excluding carboxylic acids is 1. The second-order valence-corrected chi connectivity index (χ2v) is 5.66. The van der Waals surface area contributed by atoms with Gasteiger partial charge in [0.15, 0.2) is 6.04 Å². The van der Waals surface area contributed by atoms with Crippen molar-refractivity contribution >= 4 is 17.8 Å². The summed E-state index contributed by atoms with van der Waals surface area (Å²) in [6.45, 7) is -0.0758. The fraction of sp³-hybridized carbons (Fsp3) is 0.211. The topological polar surface area (TPSA) is 79.2 Å². The van der Waals surface area contributed by atoms with Gasteiger partial charge in [-0.2, -0.15) is 0 Å². The molecule has 6 heteroatoms. The molecule has 2 atom stereocenters. The lowest BCUT2D eigenvalue weighted by Crippen LogP contribution is -2.39. The highest BCUT2D eigenvalue weighted by Crippen LogP contribution is 2.34. The molecule has 0 spiro atoms. The summed E-state index contributed by atoms with van der Waals surface area (Å²) in [7, 11) is 1.31. The van der Waals surface area contributed by atoms with Crippen molar-refractivity contribution in [3.63, 3.8) is 0 Å². The molecule has 2 aromatic carbocycles.